The van der Waals surface area contributed by atoms with E-state index in [1.54, 1.807) is 36.4 Å². The molecule has 0 aliphatic rings. The number of nitrogens with zero attached hydrogens (tertiary/aromatic N) is 2. The molecule has 0 fully saturated rings. The lowest BCUT2D eigenvalue weighted by Crippen LogP contribution is -2.13. The largest absolute Gasteiger partial charge is 0.360 e. The molecule has 20 heavy (non-hydrogen) atoms. The van der Waals surface area contributed by atoms with E-state index < -0.39 is 0 Å². The Kier molecular flexibility index (Phi) is 5.80. The Bertz CT molecular complexity index is 557. The number of benzene rings is 1. The van der Waals surface area contributed by atoms with Crippen LogP contribution in [0.2, 0.25) is 0 Å². The van der Waals surface area contributed by atoms with Gasteiger partial charge in [0.05, 0.1) is 0 Å². The molecule has 0 heterocycles. The molecule has 0 saturated carbocycles. The van der Waals surface area contributed by atoms with Gasteiger partial charge in [0.1, 0.15) is 17.7 Å². The monoisotopic (exact) mass is 268 g/mol. The van der Waals surface area contributed by atoms with Crippen molar-refractivity contribution in [2.75, 3.05) is 10.6 Å². The lowest BCUT2D eigenvalue weighted by molar-refractivity contribution is -0.116. The topological polar surface area (TPSA) is 88.7 Å². The van der Waals surface area contributed by atoms with Crippen LogP contribution in [0.5, 0.6) is 0 Å². The highest BCUT2D eigenvalue weighted by Crippen LogP contribution is 2.14. The van der Waals surface area contributed by atoms with Crippen LogP contribution in [0.15, 0.2) is 36.0 Å². The maximum absolute atomic E-state index is 11.6. The van der Waals surface area contributed by atoms with Crippen molar-refractivity contribution in [3.8, 4) is 12.1 Å². The number of nitriles is 2. The number of carbonyl (C=O) groups is 1. The van der Waals surface area contributed by atoms with Crippen LogP contribution in [0.1, 0.15) is 20.3 Å². The molecule has 5 heteroatoms. The predicted octanol–water partition coefficient (Wildman–Crippen LogP) is 3.01. The van der Waals surface area contributed by atoms with Crippen LogP contribution in [0.4, 0.5) is 11.4 Å². The third kappa shape index (κ3) is 5.24. The number of anilines is 2. The lowest BCUT2D eigenvalue weighted by Gasteiger charge is -2.08. The number of carbonyl (C=O) groups excluding carboxylic acids is 1. The Morgan fingerprint density at radius 1 is 1.20 bits per heavy atom. The van der Waals surface area contributed by atoms with Crippen LogP contribution in [-0.2, 0) is 4.79 Å². The SMILES string of the molecule is CC(C)CC(=O)Nc1ccc(NC=C(C#N)C#N)cc1. The summed E-state index contributed by atoms with van der Waals surface area (Å²) < 4.78 is 0. The number of allylic oxidation sites excluding steroid dienone is 1. The third-order valence-electron chi connectivity index (χ3n) is 2.39. The van der Waals surface area contributed by atoms with Crippen LogP contribution < -0.4 is 10.6 Å². The quantitative estimate of drug-likeness (QED) is 0.803. The third-order valence-corrected chi connectivity index (χ3v) is 2.39. The molecule has 0 aromatic heterocycles. The molecule has 1 aromatic rings. The minimum atomic E-state index is -0.0168. The van der Waals surface area contributed by atoms with E-state index >= 15 is 0 Å². The Labute approximate surface area is 118 Å². The summed E-state index contributed by atoms with van der Waals surface area (Å²) in [7, 11) is 0. The van der Waals surface area contributed by atoms with Crippen molar-refractivity contribution in [1.29, 1.82) is 10.5 Å². The summed E-state index contributed by atoms with van der Waals surface area (Å²) >= 11 is 0. The molecule has 0 aliphatic carbocycles. The second-order valence-electron chi connectivity index (χ2n) is 4.65. The zero-order valence-corrected chi connectivity index (χ0v) is 11.5. The van der Waals surface area contributed by atoms with Crippen molar-refractivity contribution >= 4 is 17.3 Å². The Morgan fingerprint density at radius 2 is 1.75 bits per heavy atom. The fourth-order valence-corrected chi connectivity index (χ4v) is 1.48. The summed E-state index contributed by atoms with van der Waals surface area (Å²) in [5, 5.41) is 22.8. The molecule has 0 saturated heterocycles. The molecule has 0 spiro atoms. The highest BCUT2D eigenvalue weighted by molar-refractivity contribution is 5.90. The zero-order chi connectivity index (χ0) is 15.0. The first-order valence-electron chi connectivity index (χ1n) is 6.22. The Balaban J connectivity index is 2.62. The number of amides is 1. The summed E-state index contributed by atoms with van der Waals surface area (Å²) in [4.78, 5) is 11.6. The molecule has 1 amide bonds. The van der Waals surface area contributed by atoms with Gasteiger partial charge in [-0.2, -0.15) is 10.5 Å². The van der Waals surface area contributed by atoms with Crippen LogP contribution >= 0.6 is 0 Å². The Hall–Kier alpha value is -2.79. The van der Waals surface area contributed by atoms with E-state index in [0.29, 0.717) is 18.0 Å². The first-order valence-corrected chi connectivity index (χ1v) is 6.22. The van der Waals surface area contributed by atoms with Gasteiger partial charge in [-0.3, -0.25) is 4.79 Å². The fourth-order valence-electron chi connectivity index (χ4n) is 1.48. The predicted molar refractivity (Wildman–Crippen MR) is 77.5 cm³/mol. The molecule has 102 valence electrons. The van der Waals surface area contributed by atoms with Crippen molar-refractivity contribution in [2.45, 2.75) is 20.3 Å². The highest BCUT2D eigenvalue weighted by Gasteiger charge is 2.04. The number of nitrogens with one attached hydrogen (secondary N) is 2. The molecule has 1 aromatic carbocycles. The molecule has 2 N–H and O–H groups in total. The van der Waals surface area contributed by atoms with Gasteiger partial charge in [-0.1, -0.05) is 13.8 Å². The van der Waals surface area contributed by atoms with Gasteiger partial charge >= 0.3 is 0 Å². The van der Waals surface area contributed by atoms with Gasteiger partial charge in [0.15, 0.2) is 0 Å². The minimum absolute atomic E-state index is 0.000636. The van der Waals surface area contributed by atoms with Gasteiger partial charge in [0, 0.05) is 24.0 Å². The smallest absolute Gasteiger partial charge is 0.224 e. The normalized spacial score (nSPS) is 9.25. The molecule has 0 unspecified atom stereocenters. The summed E-state index contributed by atoms with van der Waals surface area (Å²) in [6.07, 6.45) is 1.82. The van der Waals surface area contributed by atoms with Crippen molar-refractivity contribution < 1.29 is 4.79 Å². The van der Waals surface area contributed by atoms with Gasteiger partial charge in [-0.25, -0.2) is 0 Å². The van der Waals surface area contributed by atoms with Crippen LogP contribution in [-0.4, -0.2) is 5.91 Å². The van der Waals surface area contributed by atoms with Gasteiger partial charge in [0.2, 0.25) is 5.91 Å². The molecule has 1 rings (SSSR count). The average molecular weight is 268 g/mol. The van der Waals surface area contributed by atoms with Crippen molar-refractivity contribution in [1.82, 2.24) is 0 Å². The summed E-state index contributed by atoms with van der Waals surface area (Å²) in [6.45, 7) is 3.97. The molecular formula is C15H16N4O. The van der Waals surface area contributed by atoms with E-state index in [2.05, 4.69) is 10.6 Å². The van der Waals surface area contributed by atoms with Crippen molar-refractivity contribution in [3.63, 3.8) is 0 Å². The van der Waals surface area contributed by atoms with E-state index in [0.717, 1.165) is 5.69 Å². The van der Waals surface area contributed by atoms with Gasteiger partial charge in [-0.05, 0) is 30.2 Å². The van der Waals surface area contributed by atoms with Crippen molar-refractivity contribution in [3.05, 3.63) is 36.0 Å². The van der Waals surface area contributed by atoms with Crippen LogP contribution in [0.3, 0.4) is 0 Å². The standard InChI is InChI=1S/C15H16N4O/c1-11(2)7-15(20)19-14-5-3-13(4-6-14)18-10-12(8-16)9-17/h3-6,10-11,18H,7H2,1-2H3,(H,19,20). The van der Waals surface area contributed by atoms with E-state index in [9.17, 15) is 4.79 Å². The molecule has 0 radical (unpaired) electrons. The van der Waals surface area contributed by atoms with Gasteiger partial charge in [0.25, 0.3) is 0 Å². The maximum atomic E-state index is 11.6. The average Bonchev–Trinajstić information content (AvgIpc) is 2.40. The fraction of sp³-hybridized carbons (Fsp3) is 0.267. The van der Waals surface area contributed by atoms with E-state index in [4.69, 9.17) is 10.5 Å². The molecule has 5 nitrogen and oxygen atoms in total. The minimum Gasteiger partial charge on any atom is -0.360 e. The maximum Gasteiger partial charge on any atom is 0.224 e. The molecular weight excluding hydrogens is 252 g/mol. The Morgan fingerprint density at radius 3 is 2.25 bits per heavy atom. The lowest BCUT2D eigenvalue weighted by atomic mass is 10.1. The molecule has 0 bridgehead atoms. The molecule has 0 aliphatic heterocycles. The van der Waals surface area contributed by atoms with Crippen molar-refractivity contribution in [2.24, 2.45) is 5.92 Å². The first-order chi connectivity index (χ1) is 9.55. The second-order valence-corrected chi connectivity index (χ2v) is 4.65. The highest BCUT2D eigenvalue weighted by atomic mass is 16.1. The van der Waals surface area contributed by atoms with E-state index in [1.165, 1.54) is 6.20 Å². The van der Waals surface area contributed by atoms with Crippen LogP contribution in [0.25, 0.3) is 0 Å². The number of rotatable bonds is 5. The number of hydrogen-bond donors (Lipinski definition) is 2. The zero-order valence-electron chi connectivity index (χ0n) is 11.5. The first kappa shape index (κ1) is 15.3. The summed E-state index contributed by atoms with van der Waals surface area (Å²) in [5.74, 6) is 0.299. The second kappa shape index (κ2) is 7.60. The molecule has 0 atom stereocenters. The van der Waals surface area contributed by atoms with Gasteiger partial charge < -0.3 is 10.6 Å². The summed E-state index contributed by atoms with van der Waals surface area (Å²) in [5.41, 5.74) is 1.44. The summed E-state index contributed by atoms with van der Waals surface area (Å²) in [6, 6.07) is 10.5. The van der Waals surface area contributed by atoms with E-state index in [-0.39, 0.29) is 11.5 Å². The van der Waals surface area contributed by atoms with E-state index in [1.807, 2.05) is 13.8 Å². The van der Waals surface area contributed by atoms with Crippen LogP contribution in [0, 0.1) is 28.6 Å². The van der Waals surface area contributed by atoms with Gasteiger partial charge in [-0.15, -0.1) is 0 Å². The number of hydrogen-bond acceptors (Lipinski definition) is 4.